The highest BCUT2D eigenvalue weighted by atomic mass is 16.3. The van der Waals surface area contributed by atoms with E-state index in [1.165, 1.54) is 12.8 Å². The molecule has 1 rings (SSSR count). The van der Waals surface area contributed by atoms with Gasteiger partial charge in [-0.2, -0.15) is 5.26 Å². The fraction of sp³-hybridized carbons (Fsp3) is 0.917. The molecule has 0 bridgehead atoms. The van der Waals surface area contributed by atoms with Crippen molar-refractivity contribution < 1.29 is 5.11 Å². The second kappa shape index (κ2) is 4.96. The van der Waals surface area contributed by atoms with Gasteiger partial charge in [0.25, 0.3) is 0 Å². The van der Waals surface area contributed by atoms with Gasteiger partial charge in [-0.05, 0) is 33.7 Å². The van der Waals surface area contributed by atoms with Gasteiger partial charge in [0.2, 0.25) is 0 Å². The molecule has 0 aromatic carbocycles. The minimum atomic E-state index is -0.674. The molecule has 1 N–H and O–H groups in total. The van der Waals surface area contributed by atoms with E-state index in [-0.39, 0.29) is 5.92 Å². The summed E-state index contributed by atoms with van der Waals surface area (Å²) >= 11 is 0. The molecule has 86 valence electrons. The summed E-state index contributed by atoms with van der Waals surface area (Å²) < 4.78 is 0. The summed E-state index contributed by atoms with van der Waals surface area (Å²) in [7, 11) is 2.01. The Morgan fingerprint density at radius 3 is 2.53 bits per heavy atom. The molecule has 0 spiro atoms. The largest absolute Gasteiger partial charge is 0.389 e. The predicted octanol–water partition coefficient (Wildman–Crippen LogP) is 1.77. The van der Waals surface area contributed by atoms with E-state index in [1.807, 2.05) is 20.9 Å². The maximum absolute atomic E-state index is 9.75. The van der Waals surface area contributed by atoms with Crippen molar-refractivity contribution in [1.29, 1.82) is 5.26 Å². The van der Waals surface area contributed by atoms with Gasteiger partial charge < -0.3 is 5.11 Å². The maximum Gasteiger partial charge on any atom is 0.0718 e. The van der Waals surface area contributed by atoms with E-state index >= 15 is 0 Å². The number of rotatable bonds is 3. The quantitative estimate of drug-likeness (QED) is 0.772. The number of hydrogen-bond donors (Lipinski definition) is 1. The first-order valence-corrected chi connectivity index (χ1v) is 5.76. The normalized spacial score (nSPS) is 27.7. The summed E-state index contributed by atoms with van der Waals surface area (Å²) in [5.74, 6) is 0.145. The molecule has 0 aromatic rings. The summed E-state index contributed by atoms with van der Waals surface area (Å²) in [5.41, 5.74) is -0.674. The molecule has 1 fully saturated rings. The van der Waals surface area contributed by atoms with Gasteiger partial charge in [-0.1, -0.05) is 12.8 Å². The first-order chi connectivity index (χ1) is 6.94. The molecule has 1 aliphatic carbocycles. The monoisotopic (exact) mass is 210 g/mol. The van der Waals surface area contributed by atoms with E-state index in [0.29, 0.717) is 12.6 Å². The van der Waals surface area contributed by atoms with Gasteiger partial charge in [0.1, 0.15) is 0 Å². The molecule has 2 atom stereocenters. The number of hydrogen-bond acceptors (Lipinski definition) is 3. The molecular formula is C12H22N2O. The average molecular weight is 210 g/mol. The highest BCUT2D eigenvalue weighted by Crippen LogP contribution is 2.27. The summed E-state index contributed by atoms with van der Waals surface area (Å²) in [4.78, 5) is 2.15. The lowest BCUT2D eigenvalue weighted by atomic mass is 9.84. The second-order valence-electron chi connectivity index (χ2n) is 5.31. The molecule has 1 saturated carbocycles. The minimum absolute atomic E-state index is 0.145. The van der Waals surface area contributed by atoms with Crippen LogP contribution >= 0.6 is 0 Å². The van der Waals surface area contributed by atoms with Crippen LogP contribution < -0.4 is 0 Å². The Labute approximate surface area is 92.7 Å². The molecule has 0 heterocycles. The molecule has 2 unspecified atom stereocenters. The predicted molar refractivity (Wildman–Crippen MR) is 60.3 cm³/mol. The van der Waals surface area contributed by atoms with E-state index in [1.54, 1.807) is 0 Å². The van der Waals surface area contributed by atoms with Gasteiger partial charge >= 0.3 is 0 Å². The molecule has 0 radical (unpaired) electrons. The molecule has 0 aromatic heterocycles. The average Bonchev–Trinajstić information content (AvgIpc) is 2.15. The van der Waals surface area contributed by atoms with Crippen LogP contribution in [0.3, 0.4) is 0 Å². The lowest BCUT2D eigenvalue weighted by Gasteiger charge is -2.37. The van der Waals surface area contributed by atoms with Crippen molar-refractivity contribution in [1.82, 2.24) is 4.90 Å². The van der Waals surface area contributed by atoms with Crippen LogP contribution in [0.4, 0.5) is 0 Å². The maximum atomic E-state index is 9.75. The Morgan fingerprint density at radius 2 is 2.00 bits per heavy atom. The Bertz CT molecular complexity index is 239. The summed E-state index contributed by atoms with van der Waals surface area (Å²) in [6.45, 7) is 4.26. The SMILES string of the molecule is CN(CC(C)(C)O)C1CCCCC1C#N. The van der Waals surface area contributed by atoms with E-state index in [2.05, 4.69) is 11.0 Å². The van der Waals surface area contributed by atoms with Gasteiger partial charge in [0.05, 0.1) is 17.6 Å². The zero-order valence-corrected chi connectivity index (χ0v) is 10.0. The van der Waals surface area contributed by atoms with Crippen molar-refractivity contribution in [2.75, 3.05) is 13.6 Å². The Kier molecular flexibility index (Phi) is 4.12. The summed E-state index contributed by atoms with van der Waals surface area (Å²) in [5, 5.41) is 18.8. The van der Waals surface area contributed by atoms with Crippen molar-refractivity contribution in [3.05, 3.63) is 0 Å². The van der Waals surface area contributed by atoms with Crippen LogP contribution in [0, 0.1) is 17.2 Å². The zero-order chi connectivity index (χ0) is 11.5. The molecular weight excluding hydrogens is 188 g/mol. The van der Waals surface area contributed by atoms with E-state index in [4.69, 9.17) is 5.26 Å². The van der Waals surface area contributed by atoms with Crippen LogP contribution in [0.5, 0.6) is 0 Å². The fourth-order valence-electron chi connectivity index (χ4n) is 2.52. The lowest BCUT2D eigenvalue weighted by molar-refractivity contribution is 0.0188. The molecule has 15 heavy (non-hydrogen) atoms. The second-order valence-corrected chi connectivity index (χ2v) is 5.31. The van der Waals surface area contributed by atoms with Gasteiger partial charge in [-0.15, -0.1) is 0 Å². The van der Waals surface area contributed by atoms with Gasteiger partial charge in [0.15, 0.2) is 0 Å². The van der Waals surface area contributed by atoms with Crippen molar-refractivity contribution in [3.8, 4) is 6.07 Å². The molecule has 1 aliphatic rings. The summed E-state index contributed by atoms with van der Waals surface area (Å²) in [6.07, 6.45) is 4.48. The van der Waals surface area contributed by atoms with Crippen LogP contribution in [-0.2, 0) is 0 Å². The van der Waals surface area contributed by atoms with Crippen LogP contribution in [0.15, 0.2) is 0 Å². The number of nitrogens with zero attached hydrogens (tertiary/aromatic N) is 2. The third-order valence-corrected chi connectivity index (χ3v) is 3.10. The summed E-state index contributed by atoms with van der Waals surface area (Å²) in [6, 6.07) is 2.73. The number of aliphatic hydroxyl groups is 1. The topological polar surface area (TPSA) is 47.3 Å². The molecule has 3 heteroatoms. The van der Waals surface area contributed by atoms with Gasteiger partial charge in [-0.25, -0.2) is 0 Å². The van der Waals surface area contributed by atoms with E-state index in [0.717, 1.165) is 12.8 Å². The minimum Gasteiger partial charge on any atom is -0.389 e. The molecule has 0 saturated heterocycles. The fourth-order valence-corrected chi connectivity index (χ4v) is 2.52. The van der Waals surface area contributed by atoms with Crippen molar-refractivity contribution >= 4 is 0 Å². The standard InChI is InChI=1S/C12H22N2O/c1-12(2,15)9-14(3)11-7-5-4-6-10(11)8-13/h10-11,15H,4-7,9H2,1-3H3. The first-order valence-electron chi connectivity index (χ1n) is 5.76. The van der Waals surface area contributed by atoms with Crippen LogP contribution in [0.2, 0.25) is 0 Å². The van der Waals surface area contributed by atoms with Crippen molar-refractivity contribution in [2.45, 2.75) is 51.2 Å². The highest BCUT2D eigenvalue weighted by Gasteiger charge is 2.30. The van der Waals surface area contributed by atoms with E-state index in [9.17, 15) is 5.11 Å². The Morgan fingerprint density at radius 1 is 1.40 bits per heavy atom. The van der Waals surface area contributed by atoms with Gasteiger partial charge in [0, 0.05) is 12.6 Å². The highest BCUT2D eigenvalue weighted by molar-refractivity contribution is 4.95. The number of nitriles is 1. The Hall–Kier alpha value is -0.590. The Balaban J connectivity index is 2.57. The third kappa shape index (κ3) is 3.81. The van der Waals surface area contributed by atoms with Crippen molar-refractivity contribution in [3.63, 3.8) is 0 Å². The third-order valence-electron chi connectivity index (χ3n) is 3.10. The number of likely N-dealkylation sites (N-methyl/N-ethyl adjacent to an activating group) is 1. The van der Waals surface area contributed by atoms with Crippen LogP contribution in [-0.4, -0.2) is 35.2 Å². The first kappa shape index (κ1) is 12.5. The molecule has 0 amide bonds. The lowest BCUT2D eigenvalue weighted by Crippen LogP contribution is -2.46. The zero-order valence-electron chi connectivity index (χ0n) is 10.0. The van der Waals surface area contributed by atoms with Gasteiger partial charge in [-0.3, -0.25) is 4.90 Å². The molecule has 0 aliphatic heterocycles. The van der Waals surface area contributed by atoms with Crippen LogP contribution in [0.1, 0.15) is 39.5 Å². The van der Waals surface area contributed by atoms with E-state index < -0.39 is 5.60 Å². The molecule has 3 nitrogen and oxygen atoms in total. The van der Waals surface area contributed by atoms with Crippen LogP contribution in [0.25, 0.3) is 0 Å². The smallest absolute Gasteiger partial charge is 0.0718 e. The van der Waals surface area contributed by atoms with Crippen molar-refractivity contribution in [2.24, 2.45) is 5.92 Å².